The third kappa shape index (κ3) is 3.43. The number of hydrogen-bond acceptors (Lipinski definition) is 3. The van der Waals surface area contributed by atoms with Gasteiger partial charge in [-0.05, 0) is 5.41 Å². The molecule has 0 aromatic carbocycles. The van der Waals surface area contributed by atoms with Gasteiger partial charge in [-0.1, -0.05) is 20.8 Å². The number of carbonyl (C=O) groups excluding carboxylic acids is 2. The summed E-state index contributed by atoms with van der Waals surface area (Å²) in [6, 6.07) is -0.480. The summed E-state index contributed by atoms with van der Waals surface area (Å²) in [5.41, 5.74) is 5.72. The Morgan fingerprint density at radius 1 is 1.06 bits per heavy atom. The smallest absolute Gasteiger partial charge is 0.240 e. The Morgan fingerprint density at radius 2 is 1.47 bits per heavy atom. The van der Waals surface area contributed by atoms with E-state index in [4.69, 9.17) is 5.73 Å². The van der Waals surface area contributed by atoms with Gasteiger partial charge >= 0.3 is 0 Å². The zero-order valence-corrected chi connectivity index (χ0v) is 11.2. The summed E-state index contributed by atoms with van der Waals surface area (Å²) in [6.45, 7) is 9.82. The number of amides is 2. The number of carbonyl (C=O) groups is 2. The summed E-state index contributed by atoms with van der Waals surface area (Å²) in [6.07, 6.45) is 0. The van der Waals surface area contributed by atoms with Crippen LogP contribution in [0.3, 0.4) is 0 Å². The van der Waals surface area contributed by atoms with Gasteiger partial charge < -0.3 is 15.5 Å². The first-order chi connectivity index (χ1) is 7.73. The Bertz CT molecular complexity index is 301. The van der Waals surface area contributed by atoms with Crippen molar-refractivity contribution in [2.24, 2.45) is 11.1 Å². The SMILES string of the molecule is CC(=O)N1CCN(C(=O)[C@H](N)C(C)(C)C)CC1. The van der Waals surface area contributed by atoms with E-state index >= 15 is 0 Å². The number of hydrogen-bond donors (Lipinski definition) is 1. The predicted octanol–water partition coefficient (Wildman–Crippen LogP) is 0.0505. The molecule has 1 aliphatic rings. The molecule has 0 aromatic heterocycles. The standard InChI is InChI=1S/C12H23N3O2/c1-9(16)14-5-7-15(8-6-14)11(17)10(13)12(2,3)4/h10H,5-8,13H2,1-4H3/t10-/m0/s1. The van der Waals surface area contributed by atoms with E-state index in [9.17, 15) is 9.59 Å². The van der Waals surface area contributed by atoms with Gasteiger partial charge in [-0.25, -0.2) is 0 Å². The molecule has 1 saturated heterocycles. The van der Waals surface area contributed by atoms with Crippen molar-refractivity contribution in [1.29, 1.82) is 0 Å². The molecular weight excluding hydrogens is 218 g/mol. The Labute approximate surface area is 103 Å². The Morgan fingerprint density at radius 3 is 1.82 bits per heavy atom. The third-order valence-corrected chi connectivity index (χ3v) is 3.24. The highest BCUT2D eigenvalue weighted by Crippen LogP contribution is 2.19. The first-order valence-electron chi connectivity index (χ1n) is 6.03. The van der Waals surface area contributed by atoms with Crippen LogP contribution in [0.2, 0.25) is 0 Å². The van der Waals surface area contributed by atoms with Gasteiger partial charge in [0.15, 0.2) is 0 Å². The number of piperazine rings is 1. The Balaban J connectivity index is 2.55. The van der Waals surface area contributed by atoms with Gasteiger partial charge in [0.25, 0.3) is 0 Å². The molecule has 0 saturated carbocycles. The van der Waals surface area contributed by atoms with Crippen molar-refractivity contribution in [3.63, 3.8) is 0 Å². The van der Waals surface area contributed by atoms with Crippen LogP contribution in [0.25, 0.3) is 0 Å². The van der Waals surface area contributed by atoms with Gasteiger partial charge in [-0.2, -0.15) is 0 Å². The first-order valence-corrected chi connectivity index (χ1v) is 6.03. The van der Waals surface area contributed by atoms with Crippen LogP contribution in [0.5, 0.6) is 0 Å². The fourth-order valence-corrected chi connectivity index (χ4v) is 1.81. The lowest BCUT2D eigenvalue weighted by atomic mass is 9.86. The van der Waals surface area contributed by atoms with E-state index in [-0.39, 0.29) is 17.2 Å². The molecule has 0 spiro atoms. The maximum Gasteiger partial charge on any atom is 0.240 e. The molecule has 1 heterocycles. The molecule has 5 heteroatoms. The highest BCUT2D eigenvalue weighted by Gasteiger charge is 2.32. The van der Waals surface area contributed by atoms with Crippen molar-refractivity contribution in [1.82, 2.24) is 9.80 Å². The monoisotopic (exact) mass is 241 g/mol. The van der Waals surface area contributed by atoms with Gasteiger partial charge in [0.2, 0.25) is 11.8 Å². The third-order valence-electron chi connectivity index (χ3n) is 3.24. The van der Waals surface area contributed by atoms with Gasteiger partial charge in [-0.3, -0.25) is 9.59 Å². The maximum atomic E-state index is 12.1. The van der Waals surface area contributed by atoms with Gasteiger partial charge in [0, 0.05) is 33.1 Å². The number of rotatable bonds is 1. The molecule has 5 nitrogen and oxygen atoms in total. The van der Waals surface area contributed by atoms with Crippen molar-refractivity contribution < 1.29 is 9.59 Å². The quantitative estimate of drug-likeness (QED) is 0.705. The average Bonchev–Trinajstić information content (AvgIpc) is 2.26. The minimum absolute atomic E-state index is 0.0132. The van der Waals surface area contributed by atoms with Gasteiger partial charge in [0.05, 0.1) is 6.04 Å². The molecule has 0 aromatic rings. The minimum atomic E-state index is -0.480. The Hall–Kier alpha value is -1.10. The lowest BCUT2D eigenvalue weighted by Gasteiger charge is -2.37. The molecule has 1 rings (SSSR count). The van der Waals surface area contributed by atoms with Crippen LogP contribution in [0.15, 0.2) is 0 Å². The summed E-state index contributed by atoms with van der Waals surface area (Å²) in [7, 11) is 0. The molecule has 1 fully saturated rings. The van der Waals surface area contributed by atoms with Crippen LogP contribution >= 0.6 is 0 Å². The van der Waals surface area contributed by atoms with E-state index < -0.39 is 6.04 Å². The van der Waals surface area contributed by atoms with Crippen molar-refractivity contribution in [3.8, 4) is 0 Å². The van der Waals surface area contributed by atoms with E-state index in [1.54, 1.807) is 16.7 Å². The van der Waals surface area contributed by atoms with Crippen molar-refractivity contribution >= 4 is 11.8 Å². The first kappa shape index (κ1) is 14.0. The van der Waals surface area contributed by atoms with Gasteiger partial charge in [-0.15, -0.1) is 0 Å². The normalized spacial score (nSPS) is 19.1. The minimum Gasteiger partial charge on any atom is -0.339 e. The maximum absolute atomic E-state index is 12.1. The lowest BCUT2D eigenvalue weighted by Crippen LogP contribution is -2.56. The topological polar surface area (TPSA) is 66.6 Å². The van der Waals surface area contributed by atoms with E-state index in [2.05, 4.69) is 0 Å². The van der Waals surface area contributed by atoms with Crippen molar-refractivity contribution in [3.05, 3.63) is 0 Å². The second-order valence-corrected chi connectivity index (χ2v) is 5.68. The van der Waals surface area contributed by atoms with Crippen LogP contribution in [-0.4, -0.2) is 53.8 Å². The van der Waals surface area contributed by atoms with Crippen LogP contribution < -0.4 is 5.73 Å². The fraction of sp³-hybridized carbons (Fsp3) is 0.833. The second kappa shape index (κ2) is 5.04. The summed E-state index contributed by atoms with van der Waals surface area (Å²) in [5, 5.41) is 0. The molecule has 17 heavy (non-hydrogen) atoms. The molecule has 0 bridgehead atoms. The molecule has 0 unspecified atom stereocenters. The summed E-state index contributed by atoms with van der Waals surface area (Å²) < 4.78 is 0. The van der Waals surface area contributed by atoms with Crippen LogP contribution in [0, 0.1) is 5.41 Å². The summed E-state index contributed by atoms with van der Waals surface area (Å²) in [5.74, 6) is 0.0536. The highest BCUT2D eigenvalue weighted by molar-refractivity contribution is 5.83. The van der Waals surface area contributed by atoms with Gasteiger partial charge in [0.1, 0.15) is 0 Å². The number of nitrogens with two attached hydrogens (primary N) is 1. The molecule has 1 aliphatic heterocycles. The number of nitrogens with zero attached hydrogens (tertiary/aromatic N) is 2. The van der Waals surface area contributed by atoms with Crippen molar-refractivity contribution in [2.45, 2.75) is 33.7 Å². The van der Waals surface area contributed by atoms with E-state index in [0.29, 0.717) is 26.2 Å². The zero-order chi connectivity index (χ0) is 13.2. The fourth-order valence-electron chi connectivity index (χ4n) is 1.81. The predicted molar refractivity (Wildman–Crippen MR) is 66.3 cm³/mol. The van der Waals surface area contributed by atoms with Crippen LogP contribution in [0.4, 0.5) is 0 Å². The summed E-state index contributed by atoms with van der Waals surface area (Å²) >= 11 is 0. The van der Waals surface area contributed by atoms with E-state index in [0.717, 1.165) is 0 Å². The molecule has 0 aliphatic carbocycles. The second-order valence-electron chi connectivity index (χ2n) is 5.68. The van der Waals surface area contributed by atoms with E-state index in [1.807, 2.05) is 20.8 Å². The molecular formula is C12H23N3O2. The zero-order valence-electron chi connectivity index (χ0n) is 11.2. The molecule has 98 valence electrons. The van der Waals surface area contributed by atoms with Crippen molar-refractivity contribution in [2.75, 3.05) is 26.2 Å². The lowest BCUT2D eigenvalue weighted by molar-refractivity contribution is -0.140. The van der Waals surface area contributed by atoms with E-state index in [1.165, 1.54) is 0 Å². The molecule has 0 radical (unpaired) electrons. The summed E-state index contributed by atoms with van der Waals surface area (Å²) in [4.78, 5) is 26.8. The van der Waals surface area contributed by atoms with Crippen LogP contribution in [-0.2, 0) is 9.59 Å². The highest BCUT2D eigenvalue weighted by atomic mass is 16.2. The van der Waals surface area contributed by atoms with Crippen LogP contribution in [0.1, 0.15) is 27.7 Å². The average molecular weight is 241 g/mol. The molecule has 1 atom stereocenters. The largest absolute Gasteiger partial charge is 0.339 e. The molecule has 2 amide bonds. The Kier molecular flexibility index (Phi) is 4.14. The molecule has 2 N–H and O–H groups in total.